The summed E-state index contributed by atoms with van der Waals surface area (Å²) in [6.45, 7) is 8.62. The molecule has 0 heterocycles. The van der Waals surface area contributed by atoms with Crippen molar-refractivity contribution in [3.63, 3.8) is 0 Å². The predicted molar refractivity (Wildman–Crippen MR) is 92.2 cm³/mol. The molecule has 134 valence electrons. The van der Waals surface area contributed by atoms with Gasteiger partial charge in [-0.3, -0.25) is 9.13 Å². The van der Waals surface area contributed by atoms with Gasteiger partial charge in [0.1, 0.15) is 5.40 Å². The van der Waals surface area contributed by atoms with E-state index in [4.69, 9.17) is 13.6 Å². The van der Waals surface area contributed by atoms with Gasteiger partial charge in [-0.1, -0.05) is 6.42 Å². The minimum Gasteiger partial charge on any atom is -0.328 e. The smallest absolute Gasteiger partial charge is 0.328 e. The molecule has 0 radical (unpaired) electrons. The fourth-order valence-electron chi connectivity index (χ4n) is 2.32. The van der Waals surface area contributed by atoms with Gasteiger partial charge in [0.2, 0.25) is 7.37 Å². The molecule has 0 spiro atoms. The summed E-state index contributed by atoms with van der Waals surface area (Å²) in [6, 6.07) is 0. The Hall–Kier alpha value is 0.300. The van der Waals surface area contributed by atoms with Crippen molar-refractivity contribution in [1.82, 2.24) is 4.90 Å². The molecule has 0 aliphatic carbocycles. The summed E-state index contributed by atoms with van der Waals surface area (Å²) < 4.78 is 42.2. The first-order valence-corrected chi connectivity index (χ1v) is 11.7. The van der Waals surface area contributed by atoms with Crippen LogP contribution in [0.4, 0.5) is 0 Å². The lowest BCUT2D eigenvalue weighted by atomic mass is 10.2. The Kier molecular flexibility index (Phi) is 11.1. The fourth-order valence-corrected chi connectivity index (χ4v) is 7.94. The van der Waals surface area contributed by atoms with Crippen LogP contribution in [0.15, 0.2) is 0 Å². The summed E-state index contributed by atoms with van der Waals surface area (Å²) in [7, 11) is -2.51. The van der Waals surface area contributed by atoms with Crippen LogP contribution in [0.2, 0.25) is 0 Å². The molecule has 0 amide bonds. The first-order valence-electron chi connectivity index (χ1n) is 7.98. The monoisotopic (exact) mass is 357 g/mol. The zero-order chi connectivity index (χ0) is 17.2. The first kappa shape index (κ1) is 22.3. The van der Waals surface area contributed by atoms with Gasteiger partial charge in [0.25, 0.3) is 0 Å². The first-order chi connectivity index (χ1) is 10.2. The lowest BCUT2D eigenvalue weighted by molar-refractivity contribution is 0.213. The van der Waals surface area contributed by atoms with E-state index in [0.717, 1.165) is 19.4 Å². The molecular formula is C14H33NO5P2. The van der Waals surface area contributed by atoms with E-state index in [1.807, 2.05) is 14.1 Å². The molecule has 2 unspecified atom stereocenters. The van der Waals surface area contributed by atoms with Crippen molar-refractivity contribution in [3.05, 3.63) is 0 Å². The van der Waals surface area contributed by atoms with Gasteiger partial charge in [-0.15, -0.1) is 0 Å². The van der Waals surface area contributed by atoms with Crippen molar-refractivity contribution in [1.29, 1.82) is 0 Å². The molecule has 0 saturated carbocycles. The van der Waals surface area contributed by atoms with Gasteiger partial charge in [0, 0.05) is 6.66 Å². The molecule has 0 fully saturated rings. The Morgan fingerprint density at radius 3 is 1.82 bits per heavy atom. The van der Waals surface area contributed by atoms with Gasteiger partial charge in [0.15, 0.2) is 0 Å². The largest absolute Gasteiger partial charge is 0.343 e. The summed E-state index contributed by atoms with van der Waals surface area (Å²) in [4.78, 5) is 2.09. The molecule has 0 N–H and O–H groups in total. The molecule has 22 heavy (non-hydrogen) atoms. The number of nitrogens with zero attached hydrogens (tertiary/aromatic N) is 1. The standard InChI is InChI=1S/C14H33NO5P2/c1-7-18-21(6,16)14(12-10-11-13-15(4)5)22(17,19-8-2)20-9-3/h14H,7-13H2,1-6H3. The maximum atomic E-state index is 13.1. The zero-order valence-electron chi connectivity index (χ0n) is 14.9. The SMILES string of the molecule is CCOP(C)(=O)C(CCCCN(C)C)P(=O)(OCC)OCC. The fraction of sp³-hybridized carbons (Fsp3) is 1.00. The molecule has 0 aliphatic rings. The predicted octanol–water partition coefficient (Wildman–Crippen LogP) is 4.25. The molecule has 0 bridgehead atoms. The molecule has 0 aromatic heterocycles. The second-order valence-corrected chi connectivity index (χ2v) is 10.8. The van der Waals surface area contributed by atoms with Crippen LogP contribution < -0.4 is 0 Å². The zero-order valence-corrected chi connectivity index (χ0v) is 16.7. The summed E-state index contributed by atoms with van der Waals surface area (Å²) in [5.41, 5.74) is 0. The summed E-state index contributed by atoms with van der Waals surface area (Å²) in [5, 5.41) is -0.693. The quantitative estimate of drug-likeness (QED) is 0.363. The van der Waals surface area contributed by atoms with E-state index in [9.17, 15) is 9.13 Å². The van der Waals surface area contributed by atoms with Crippen LogP contribution in [0.5, 0.6) is 0 Å². The maximum absolute atomic E-state index is 13.1. The summed E-state index contributed by atoms with van der Waals surface area (Å²) in [5.74, 6) is 0. The summed E-state index contributed by atoms with van der Waals surface area (Å²) >= 11 is 0. The van der Waals surface area contributed by atoms with Crippen LogP contribution in [0.25, 0.3) is 0 Å². The van der Waals surface area contributed by atoms with Gasteiger partial charge in [-0.2, -0.15) is 0 Å². The van der Waals surface area contributed by atoms with Crippen molar-refractivity contribution in [2.45, 2.75) is 45.4 Å². The molecule has 6 nitrogen and oxygen atoms in total. The Bertz CT molecular complexity index is 379. The van der Waals surface area contributed by atoms with E-state index in [0.29, 0.717) is 13.0 Å². The molecule has 0 aromatic rings. The van der Waals surface area contributed by atoms with Gasteiger partial charge in [-0.05, 0) is 54.3 Å². The molecule has 0 aliphatic heterocycles. The van der Waals surface area contributed by atoms with Crippen molar-refractivity contribution < 1.29 is 22.7 Å². The van der Waals surface area contributed by atoms with Gasteiger partial charge < -0.3 is 18.5 Å². The third-order valence-corrected chi connectivity index (χ3v) is 9.67. The van der Waals surface area contributed by atoms with Crippen LogP contribution >= 0.6 is 15.0 Å². The van der Waals surface area contributed by atoms with Crippen molar-refractivity contribution in [2.75, 3.05) is 47.1 Å². The Labute approximate surface area is 135 Å². The highest BCUT2D eigenvalue weighted by atomic mass is 31.2. The van der Waals surface area contributed by atoms with E-state index in [1.54, 1.807) is 20.8 Å². The third kappa shape index (κ3) is 7.72. The number of hydrogen-bond donors (Lipinski definition) is 0. The minimum absolute atomic E-state index is 0.262. The van der Waals surface area contributed by atoms with E-state index in [-0.39, 0.29) is 13.2 Å². The second kappa shape index (κ2) is 11.0. The van der Waals surface area contributed by atoms with Crippen LogP contribution in [-0.4, -0.2) is 57.4 Å². The highest BCUT2D eigenvalue weighted by Gasteiger charge is 2.46. The number of unbranched alkanes of at least 4 members (excludes halogenated alkanes) is 1. The Morgan fingerprint density at radius 1 is 0.909 bits per heavy atom. The summed E-state index contributed by atoms with van der Waals surface area (Å²) in [6.07, 6.45) is 2.25. The number of rotatable bonds is 13. The van der Waals surface area contributed by atoms with Gasteiger partial charge in [0.05, 0.1) is 19.8 Å². The minimum atomic E-state index is -3.45. The lowest BCUT2D eigenvalue weighted by Gasteiger charge is -2.30. The highest BCUT2D eigenvalue weighted by Crippen LogP contribution is 2.69. The van der Waals surface area contributed by atoms with Crippen LogP contribution in [0.3, 0.4) is 0 Å². The topological polar surface area (TPSA) is 65.1 Å². The number of hydrogen-bond acceptors (Lipinski definition) is 6. The van der Waals surface area contributed by atoms with Crippen molar-refractivity contribution in [3.8, 4) is 0 Å². The highest BCUT2D eigenvalue weighted by molar-refractivity contribution is 7.74. The van der Waals surface area contributed by atoms with Crippen molar-refractivity contribution in [2.24, 2.45) is 0 Å². The van der Waals surface area contributed by atoms with Crippen molar-refractivity contribution >= 4 is 15.0 Å². The molecule has 0 aromatic carbocycles. The Balaban J connectivity index is 5.13. The molecule has 0 rings (SSSR count). The molecule has 0 saturated heterocycles. The van der Waals surface area contributed by atoms with Gasteiger partial charge >= 0.3 is 7.60 Å². The lowest BCUT2D eigenvalue weighted by Crippen LogP contribution is -2.17. The van der Waals surface area contributed by atoms with Crippen LogP contribution in [-0.2, 0) is 22.7 Å². The molecule has 8 heteroatoms. The second-order valence-electron chi connectivity index (χ2n) is 5.48. The van der Waals surface area contributed by atoms with E-state index < -0.39 is 20.4 Å². The van der Waals surface area contributed by atoms with Crippen LogP contribution in [0.1, 0.15) is 40.0 Å². The molecular weight excluding hydrogens is 324 g/mol. The maximum Gasteiger partial charge on any atom is 0.343 e. The normalized spacial score (nSPS) is 16.7. The van der Waals surface area contributed by atoms with Crippen LogP contribution in [0, 0.1) is 0 Å². The third-order valence-electron chi connectivity index (χ3n) is 3.23. The van der Waals surface area contributed by atoms with E-state index in [2.05, 4.69) is 4.90 Å². The molecule has 2 atom stereocenters. The average Bonchev–Trinajstić information content (AvgIpc) is 2.37. The van der Waals surface area contributed by atoms with E-state index >= 15 is 0 Å². The van der Waals surface area contributed by atoms with Gasteiger partial charge in [-0.25, -0.2) is 0 Å². The average molecular weight is 357 g/mol. The Morgan fingerprint density at radius 2 is 1.41 bits per heavy atom. The van der Waals surface area contributed by atoms with E-state index in [1.165, 1.54) is 6.66 Å².